The molecule has 0 bridgehead atoms. The molecule has 0 radical (unpaired) electrons. The van der Waals surface area contributed by atoms with Gasteiger partial charge in [0.15, 0.2) is 0 Å². The molecule has 1 aromatic heterocycles. The van der Waals surface area contributed by atoms with Crippen LogP contribution < -0.4 is 5.32 Å². The first-order valence-corrected chi connectivity index (χ1v) is 7.91. The van der Waals surface area contributed by atoms with Gasteiger partial charge in [-0.3, -0.25) is 4.79 Å². The van der Waals surface area contributed by atoms with Gasteiger partial charge in [-0.1, -0.05) is 24.0 Å². The van der Waals surface area contributed by atoms with Crippen molar-refractivity contribution in [2.75, 3.05) is 5.32 Å². The Morgan fingerprint density at radius 1 is 0.958 bits per heavy atom. The van der Waals surface area contributed by atoms with E-state index in [1.807, 2.05) is 23.6 Å². The van der Waals surface area contributed by atoms with Crippen molar-refractivity contribution in [2.24, 2.45) is 0 Å². The summed E-state index contributed by atoms with van der Waals surface area (Å²) >= 11 is 1.54. The lowest BCUT2D eigenvalue weighted by Crippen LogP contribution is -2.12. The van der Waals surface area contributed by atoms with Gasteiger partial charge in [0.2, 0.25) is 0 Å². The van der Waals surface area contributed by atoms with Crippen molar-refractivity contribution in [2.45, 2.75) is 0 Å². The smallest absolute Gasteiger partial charge is 0.255 e. The minimum Gasteiger partial charge on any atom is -0.322 e. The SMILES string of the molecule is O=C(Nc1cccc(C#Cc2cccs2)c1)c1cc(F)cc(F)c1. The molecule has 1 N–H and O–H groups in total. The van der Waals surface area contributed by atoms with Gasteiger partial charge in [0.25, 0.3) is 5.91 Å². The molecule has 2 aromatic carbocycles. The number of hydrogen-bond acceptors (Lipinski definition) is 2. The number of benzene rings is 2. The number of thiophene rings is 1. The van der Waals surface area contributed by atoms with Crippen LogP contribution in [0, 0.1) is 23.5 Å². The third-order valence-electron chi connectivity index (χ3n) is 3.10. The van der Waals surface area contributed by atoms with Crippen molar-refractivity contribution in [1.29, 1.82) is 0 Å². The van der Waals surface area contributed by atoms with Gasteiger partial charge in [0, 0.05) is 22.9 Å². The summed E-state index contributed by atoms with van der Waals surface area (Å²) in [4.78, 5) is 13.0. The van der Waals surface area contributed by atoms with Crippen LogP contribution in [0.25, 0.3) is 0 Å². The topological polar surface area (TPSA) is 29.1 Å². The van der Waals surface area contributed by atoms with Crippen LogP contribution in [0.15, 0.2) is 60.0 Å². The van der Waals surface area contributed by atoms with E-state index in [1.165, 1.54) is 0 Å². The van der Waals surface area contributed by atoms with Gasteiger partial charge in [0.1, 0.15) is 11.6 Å². The van der Waals surface area contributed by atoms with E-state index in [0.717, 1.165) is 28.6 Å². The average Bonchev–Trinajstić information content (AvgIpc) is 3.06. The molecule has 0 atom stereocenters. The molecule has 0 aliphatic carbocycles. The average molecular weight is 339 g/mol. The minimum absolute atomic E-state index is 0.0810. The zero-order valence-corrected chi connectivity index (χ0v) is 13.2. The second-order valence-corrected chi connectivity index (χ2v) is 5.87. The Hall–Kier alpha value is -2.97. The third kappa shape index (κ3) is 4.06. The number of anilines is 1. The summed E-state index contributed by atoms with van der Waals surface area (Å²) in [6.07, 6.45) is 0. The zero-order valence-electron chi connectivity index (χ0n) is 12.3. The number of hydrogen-bond donors (Lipinski definition) is 1. The molecule has 2 nitrogen and oxygen atoms in total. The molecular weight excluding hydrogens is 328 g/mol. The van der Waals surface area contributed by atoms with Gasteiger partial charge in [-0.05, 0) is 41.8 Å². The minimum atomic E-state index is -0.796. The molecule has 24 heavy (non-hydrogen) atoms. The normalized spacial score (nSPS) is 9.92. The molecule has 3 aromatic rings. The number of carbonyl (C=O) groups is 1. The molecular formula is C19H11F2NOS. The van der Waals surface area contributed by atoms with Gasteiger partial charge in [-0.25, -0.2) is 8.78 Å². The van der Waals surface area contributed by atoms with E-state index in [1.54, 1.807) is 29.5 Å². The van der Waals surface area contributed by atoms with Crippen molar-refractivity contribution in [3.05, 3.63) is 87.6 Å². The highest BCUT2D eigenvalue weighted by Gasteiger charge is 2.09. The summed E-state index contributed by atoms with van der Waals surface area (Å²) in [5.74, 6) is 3.85. The van der Waals surface area contributed by atoms with Crippen molar-refractivity contribution < 1.29 is 13.6 Å². The fourth-order valence-electron chi connectivity index (χ4n) is 2.05. The molecule has 5 heteroatoms. The molecule has 3 rings (SSSR count). The van der Waals surface area contributed by atoms with E-state index in [0.29, 0.717) is 5.69 Å². The Bertz CT molecular complexity index is 919. The Labute approximate surface area is 141 Å². The predicted molar refractivity (Wildman–Crippen MR) is 91.1 cm³/mol. The number of rotatable bonds is 2. The third-order valence-corrected chi connectivity index (χ3v) is 3.88. The summed E-state index contributed by atoms with van der Waals surface area (Å²) in [5, 5.41) is 4.55. The Morgan fingerprint density at radius 2 is 1.75 bits per heavy atom. The van der Waals surface area contributed by atoms with Crippen LogP contribution in [0.2, 0.25) is 0 Å². The highest BCUT2D eigenvalue weighted by Crippen LogP contribution is 2.14. The molecule has 118 valence electrons. The zero-order chi connectivity index (χ0) is 16.9. The number of nitrogens with one attached hydrogen (secondary N) is 1. The van der Waals surface area contributed by atoms with Crippen LogP contribution >= 0.6 is 11.3 Å². The molecule has 0 unspecified atom stereocenters. The molecule has 1 amide bonds. The summed E-state index contributed by atoms with van der Waals surface area (Å²) in [5.41, 5.74) is 1.15. The van der Waals surface area contributed by atoms with E-state index in [2.05, 4.69) is 17.2 Å². The molecule has 0 spiro atoms. The molecule has 0 aliphatic rings. The highest BCUT2D eigenvalue weighted by molar-refractivity contribution is 7.10. The Morgan fingerprint density at radius 3 is 2.46 bits per heavy atom. The van der Waals surface area contributed by atoms with Crippen LogP contribution in [0.4, 0.5) is 14.5 Å². The molecule has 0 saturated heterocycles. The largest absolute Gasteiger partial charge is 0.322 e. The Balaban J connectivity index is 1.78. The van der Waals surface area contributed by atoms with Crippen LogP contribution in [0.1, 0.15) is 20.8 Å². The van der Waals surface area contributed by atoms with Gasteiger partial charge >= 0.3 is 0 Å². The predicted octanol–water partition coefficient (Wildman–Crippen LogP) is 4.68. The Kier molecular flexibility index (Phi) is 4.69. The first-order valence-electron chi connectivity index (χ1n) is 7.03. The van der Waals surface area contributed by atoms with Gasteiger partial charge < -0.3 is 5.32 Å². The molecule has 0 aliphatic heterocycles. The lowest BCUT2D eigenvalue weighted by molar-refractivity contribution is 0.102. The molecule has 1 heterocycles. The fourth-order valence-corrected chi connectivity index (χ4v) is 2.62. The first kappa shape index (κ1) is 15.9. The molecule has 0 saturated carbocycles. The summed E-state index contributed by atoms with van der Waals surface area (Å²) in [7, 11) is 0. The maximum absolute atomic E-state index is 13.2. The van der Waals surface area contributed by atoms with Crippen LogP contribution in [-0.4, -0.2) is 5.91 Å². The van der Waals surface area contributed by atoms with Gasteiger partial charge in [-0.2, -0.15) is 0 Å². The fraction of sp³-hybridized carbons (Fsp3) is 0. The maximum Gasteiger partial charge on any atom is 0.255 e. The van der Waals surface area contributed by atoms with Crippen LogP contribution in [-0.2, 0) is 0 Å². The van der Waals surface area contributed by atoms with Crippen molar-refractivity contribution in [1.82, 2.24) is 0 Å². The van der Waals surface area contributed by atoms with Gasteiger partial charge in [-0.15, -0.1) is 11.3 Å². The number of amides is 1. The van der Waals surface area contributed by atoms with Crippen LogP contribution in [0.5, 0.6) is 0 Å². The number of carbonyl (C=O) groups excluding carboxylic acids is 1. The highest BCUT2D eigenvalue weighted by atomic mass is 32.1. The molecule has 0 fully saturated rings. The lowest BCUT2D eigenvalue weighted by atomic mass is 10.1. The summed E-state index contributed by atoms with van der Waals surface area (Å²) in [6, 6.07) is 13.5. The monoisotopic (exact) mass is 339 g/mol. The van der Waals surface area contributed by atoms with Gasteiger partial charge in [0.05, 0.1) is 4.88 Å². The second kappa shape index (κ2) is 7.07. The first-order chi connectivity index (χ1) is 11.6. The summed E-state index contributed by atoms with van der Waals surface area (Å²) < 4.78 is 26.4. The standard InChI is InChI=1S/C19H11F2NOS/c20-15-10-14(11-16(21)12-15)19(23)22-17-4-1-3-13(9-17)6-7-18-5-2-8-24-18/h1-5,8-12H,(H,22,23). The van der Waals surface area contributed by atoms with Crippen molar-refractivity contribution >= 4 is 22.9 Å². The summed E-state index contributed by atoms with van der Waals surface area (Å²) in [6.45, 7) is 0. The lowest BCUT2D eigenvalue weighted by Gasteiger charge is -2.06. The van der Waals surface area contributed by atoms with Crippen LogP contribution in [0.3, 0.4) is 0 Å². The van der Waals surface area contributed by atoms with E-state index >= 15 is 0 Å². The van der Waals surface area contributed by atoms with E-state index in [4.69, 9.17) is 0 Å². The number of halogens is 2. The van der Waals surface area contributed by atoms with Crippen molar-refractivity contribution in [3.63, 3.8) is 0 Å². The van der Waals surface area contributed by atoms with E-state index in [9.17, 15) is 13.6 Å². The quantitative estimate of drug-likeness (QED) is 0.675. The second-order valence-electron chi connectivity index (χ2n) is 4.92. The van der Waals surface area contributed by atoms with E-state index < -0.39 is 17.5 Å². The van der Waals surface area contributed by atoms with E-state index in [-0.39, 0.29) is 5.56 Å². The maximum atomic E-state index is 13.2. The van der Waals surface area contributed by atoms with Crippen molar-refractivity contribution in [3.8, 4) is 11.8 Å².